The van der Waals surface area contributed by atoms with Crippen molar-refractivity contribution in [3.63, 3.8) is 0 Å². The Balaban J connectivity index is 2.11. The Hall–Kier alpha value is 0.450. The third kappa shape index (κ3) is 3.76. The molecule has 2 rings (SSSR count). The van der Waals surface area contributed by atoms with E-state index in [1.807, 2.05) is 11.8 Å². The minimum absolute atomic E-state index is 0.140. The Labute approximate surface area is 133 Å². The first-order chi connectivity index (χ1) is 8.87. The molecule has 0 spiro atoms. The molecule has 1 aliphatic rings. The summed E-state index contributed by atoms with van der Waals surface area (Å²) in [6, 6.07) is 2.21. The van der Waals surface area contributed by atoms with Crippen molar-refractivity contribution in [2.24, 2.45) is 11.1 Å². The summed E-state index contributed by atoms with van der Waals surface area (Å²) in [7, 11) is 2.22. The van der Waals surface area contributed by atoms with Crippen LogP contribution in [0.1, 0.15) is 25.8 Å². The van der Waals surface area contributed by atoms with Gasteiger partial charge >= 0.3 is 0 Å². The van der Waals surface area contributed by atoms with Gasteiger partial charge in [-0.15, -0.1) is 11.3 Å². The average Bonchev–Trinajstić information content (AvgIpc) is 2.73. The fraction of sp³-hybridized carbons (Fsp3) is 0.714. The molecule has 1 unspecified atom stereocenters. The molecule has 108 valence electrons. The summed E-state index contributed by atoms with van der Waals surface area (Å²) in [5, 5.41) is 2.23. The van der Waals surface area contributed by atoms with Crippen LogP contribution >= 0.6 is 39.0 Å². The van der Waals surface area contributed by atoms with Crippen LogP contribution in [0.5, 0.6) is 0 Å². The third-order valence-corrected chi connectivity index (χ3v) is 7.18. The van der Waals surface area contributed by atoms with Crippen LogP contribution in [-0.2, 0) is 6.54 Å². The molecule has 5 heteroatoms. The SMILES string of the molecule is CN(Cc1csc(Br)c1)C1(CN)CSCC(C)(C)C1. The van der Waals surface area contributed by atoms with Gasteiger partial charge in [0.15, 0.2) is 0 Å². The molecule has 1 aliphatic heterocycles. The van der Waals surface area contributed by atoms with Crippen LogP contribution in [0.4, 0.5) is 0 Å². The van der Waals surface area contributed by atoms with E-state index in [2.05, 4.69) is 53.2 Å². The Bertz CT molecular complexity index is 433. The van der Waals surface area contributed by atoms with E-state index in [1.54, 1.807) is 11.3 Å². The lowest BCUT2D eigenvalue weighted by molar-refractivity contribution is 0.0871. The van der Waals surface area contributed by atoms with Gasteiger partial charge in [0.1, 0.15) is 0 Å². The predicted octanol–water partition coefficient (Wildman–Crippen LogP) is 3.80. The van der Waals surface area contributed by atoms with Crippen molar-refractivity contribution < 1.29 is 0 Å². The zero-order valence-corrected chi connectivity index (χ0v) is 15.1. The number of rotatable bonds is 4. The Morgan fingerprint density at radius 3 is 2.68 bits per heavy atom. The van der Waals surface area contributed by atoms with Gasteiger partial charge in [-0.2, -0.15) is 11.8 Å². The second-order valence-electron chi connectivity index (χ2n) is 6.38. The summed E-state index contributed by atoms with van der Waals surface area (Å²) in [5.41, 5.74) is 8.05. The summed E-state index contributed by atoms with van der Waals surface area (Å²) in [6.07, 6.45) is 1.19. The van der Waals surface area contributed by atoms with Gasteiger partial charge in [-0.1, -0.05) is 13.8 Å². The summed E-state index contributed by atoms with van der Waals surface area (Å²) in [5.74, 6) is 2.39. The third-order valence-electron chi connectivity index (χ3n) is 3.90. The van der Waals surface area contributed by atoms with Crippen molar-refractivity contribution in [3.05, 3.63) is 20.8 Å². The minimum Gasteiger partial charge on any atom is -0.329 e. The van der Waals surface area contributed by atoms with Crippen molar-refractivity contribution in [3.8, 4) is 0 Å². The molecule has 0 amide bonds. The van der Waals surface area contributed by atoms with Crippen LogP contribution in [0, 0.1) is 5.41 Å². The van der Waals surface area contributed by atoms with Gasteiger partial charge in [-0.05, 0) is 57.6 Å². The first-order valence-corrected chi connectivity index (χ1v) is 9.42. The number of nitrogens with two attached hydrogens (primary N) is 1. The molecule has 1 atom stereocenters. The molecule has 19 heavy (non-hydrogen) atoms. The largest absolute Gasteiger partial charge is 0.329 e. The van der Waals surface area contributed by atoms with Gasteiger partial charge in [-0.3, -0.25) is 4.90 Å². The number of halogens is 1. The molecule has 2 heterocycles. The fourth-order valence-electron chi connectivity index (χ4n) is 2.91. The fourth-order valence-corrected chi connectivity index (χ4v) is 5.69. The molecule has 2 nitrogen and oxygen atoms in total. The highest BCUT2D eigenvalue weighted by atomic mass is 79.9. The van der Waals surface area contributed by atoms with Crippen molar-refractivity contribution in [1.82, 2.24) is 4.90 Å². The lowest BCUT2D eigenvalue weighted by Gasteiger charge is -2.49. The van der Waals surface area contributed by atoms with Crippen LogP contribution in [0.25, 0.3) is 0 Å². The van der Waals surface area contributed by atoms with Crippen molar-refractivity contribution in [2.45, 2.75) is 32.4 Å². The number of nitrogens with zero attached hydrogens (tertiary/aromatic N) is 1. The molecule has 1 fully saturated rings. The maximum atomic E-state index is 6.16. The van der Waals surface area contributed by atoms with Gasteiger partial charge in [0.05, 0.1) is 3.79 Å². The first kappa shape index (κ1) is 15.8. The van der Waals surface area contributed by atoms with E-state index in [0.717, 1.165) is 18.8 Å². The van der Waals surface area contributed by atoms with E-state index < -0.39 is 0 Å². The maximum absolute atomic E-state index is 6.16. The number of likely N-dealkylation sites (N-methyl/N-ethyl adjacent to an activating group) is 1. The number of thiophene rings is 1. The minimum atomic E-state index is 0.140. The zero-order valence-electron chi connectivity index (χ0n) is 11.9. The second-order valence-corrected chi connectivity index (χ2v) is 9.65. The second kappa shape index (κ2) is 6.06. The van der Waals surface area contributed by atoms with Crippen molar-refractivity contribution in [2.75, 3.05) is 25.1 Å². The van der Waals surface area contributed by atoms with Crippen LogP contribution in [-0.4, -0.2) is 35.5 Å². The molecule has 1 aromatic rings. The Kier molecular flexibility index (Phi) is 5.05. The summed E-state index contributed by atoms with van der Waals surface area (Å²) in [4.78, 5) is 2.47. The quantitative estimate of drug-likeness (QED) is 0.882. The molecule has 0 radical (unpaired) electrons. The zero-order chi connectivity index (χ0) is 14.1. The molecule has 0 aliphatic carbocycles. The summed E-state index contributed by atoms with van der Waals surface area (Å²) >= 11 is 7.34. The van der Waals surface area contributed by atoms with Gasteiger partial charge in [0, 0.05) is 24.4 Å². The van der Waals surface area contributed by atoms with E-state index in [-0.39, 0.29) is 5.54 Å². The lowest BCUT2D eigenvalue weighted by Crippen LogP contribution is -2.58. The van der Waals surface area contributed by atoms with Crippen LogP contribution in [0.15, 0.2) is 15.2 Å². The molecule has 1 aromatic heterocycles. The van der Waals surface area contributed by atoms with Gasteiger partial charge in [0.2, 0.25) is 0 Å². The van der Waals surface area contributed by atoms with E-state index >= 15 is 0 Å². The number of hydrogen-bond acceptors (Lipinski definition) is 4. The van der Waals surface area contributed by atoms with E-state index in [1.165, 1.54) is 21.5 Å². The van der Waals surface area contributed by atoms with Crippen LogP contribution in [0.2, 0.25) is 0 Å². The molecule has 0 saturated carbocycles. The predicted molar refractivity (Wildman–Crippen MR) is 91.0 cm³/mol. The Morgan fingerprint density at radius 2 is 2.16 bits per heavy atom. The highest BCUT2D eigenvalue weighted by molar-refractivity contribution is 9.11. The first-order valence-electron chi connectivity index (χ1n) is 6.59. The van der Waals surface area contributed by atoms with Gasteiger partial charge in [-0.25, -0.2) is 0 Å². The van der Waals surface area contributed by atoms with E-state index in [4.69, 9.17) is 5.73 Å². The van der Waals surface area contributed by atoms with Crippen LogP contribution < -0.4 is 5.73 Å². The molecule has 0 aromatic carbocycles. The smallest absolute Gasteiger partial charge is 0.0701 e. The number of thioether (sulfide) groups is 1. The number of hydrogen-bond donors (Lipinski definition) is 1. The topological polar surface area (TPSA) is 29.3 Å². The summed E-state index contributed by atoms with van der Waals surface area (Å²) < 4.78 is 1.20. The van der Waals surface area contributed by atoms with E-state index in [9.17, 15) is 0 Å². The lowest BCUT2D eigenvalue weighted by atomic mass is 9.79. The highest BCUT2D eigenvalue weighted by Gasteiger charge is 2.42. The molecule has 1 saturated heterocycles. The molecular weight excluding hydrogens is 340 g/mol. The van der Waals surface area contributed by atoms with Gasteiger partial charge in [0.25, 0.3) is 0 Å². The monoisotopic (exact) mass is 362 g/mol. The van der Waals surface area contributed by atoms with Gasteiger partial charge < -0.3 is 5.73 Å². The normalized spacial score (nSPS) is 26.8. The molecule has 2 N–H and O–H groups in total. The maximum Gasteiger partial charge on any atom is 0.0701 e. The van der Waals surface area contributed by atoms with Crippen molar-refractivity contribution >= 4 is 39.0 Å². The van der Waals surface area contributed by atoms with Crippen molar-refractivity contribution in [1.29, 1.82) is 0 Å². The average molecular weight is 363 g/mol. The summed E-state index contributed by atoms with van der Waals surface area (Å²) in [6.45, 7) is 6.44. The molecular formula is C14H23BrN2S2. The Morgan fingerprint density at radius 1 is 1.42 bits per heavy atom. The van der Waals surface area contributed by atoms with Crippen LogP contribution in [0.3, 0.4) is 0 Å². The standard InChI is InChI=1S/C14H23BrN2S2/c1-13(2)7-14(8-16,10-18-9-13)17(3)5-11-4-12(15)19-6-11/h4,6H,5,7-10,16H2,1-3H3. The highest BCUT2D eigenvalue weighted by Crippen LogP contribution is 2.42. The molecule has 0 bridgehead atoms. The van der Waals surface area contributed by atoms with E-state index in [0.29, 0.717) is 5.41 Å².